The van der Waals surface area contributed by atoms with E-state index >= 15 is 0 Å². The van der Waals surface area contributed by atoms with Crippen LogP contribution in [0.25, 0.3) is 0 Å². The Morgan fingerprint density at radius 1 is 1.27 bits per heavy atom. The molecular formula is C17H20F2N4OS2. The first kappa shape index (κ1) is 19.2. The monoisotopic (exact) mass is 398 g/mol. The number of alkyl halides is 2. The van der Waals surface area contributed by atoms with Crippen LogP contribution < -0.4 is 5.32 Å². The minimum Gasteiger partial charge on any atom is -0.300 e. The van der Waals surface area contributed by atoms with Gasteiger partial charge in [-0.25, -0.2) is 8.78 Å². The van der Waals surface area contributed by atoms with Crippen molar-refractivity contribution in [3.05, 3.63) is 35.9 Å². The molecule has 0 radical (unpaired) electrons. The standard InChI is InChI=1S/C17H20F2N4OS2/c18-14(19)10-23-8-6-13(7-9-23)15(24)20-16-21-22-17(26-16)25-11-12-4-2-1-3-5-12/h1-5,13-14H,6-11H2,(H,20,21,24). The van der Waals surface area contributed by atoms with E-state index in [2.05, 4.69) is 27.6 Å². The highest BCUT2D eigenvalue weighted by molar-refractivity contribution is 8.00. The number of amides is 1. The number of carbonyl (C=O) groups is 1. The second-order valence-corrected chi connectivity index (χ2v) is 8.30. The number of hydrogen-bond acceptors (Lipinski definition) is 6. The van der Waals surface area contributed by atoms with E-state index in [1.54, 1.807) is 16.7 Å². The highest BCUT2D eigenvalue weighted by atomic mass is 32.2. The van der Waals surface area contributed by atoms with Crippen molar-refractivity contribution in [2.75, 3.05) is 25.0 Å². The van der Waals surface area contributed by atoms with Crippen molar-refractivity contribution in [3.63, 3.8) is 0 Å². The van der Waals surface area contributed by atoms with Crippen molar-refractivity contribution < 1.29 is 13.6 Å². The number of aromatic nitrogens is 2. The van der Waals surface area contributed by atoms with E-state index in [0.29, 0.717) is 31.1 Å². The summed E-state index contributed by atoms with van der Waals surface area (Å²) in [6, 6.07) is 10.1. The minimum absolute atomic E-state index is 0.0996. The minimum atomic E-state index is -2.33. The van der Waals surface area contributed by atoms with Gasteiger partial charge in [-0.05, 0) is 31.5 Å². The average Bonchev–Trinajstić information content (AvgIpc) is 3.08. The van der Waals surface area contributed by atoms with Crippen molar-refractivity contribution >= 4 is 34.1 Å². The summed E-state index contributed by atoms with van der Waals surface area (Å²) in [5, 5.41) is 11.4. The van der Waals surface area contributed by atoms with Gasteiger partial charge >= 0.3 is 0 Å². The molecule has 3 rings (SSSR count). The molecule has 1 amide bonds. The smallest absolute Gasteiger partial charge is 0.251 e. The summed E-state index contributed by atoms with van der Waals surface area (Å²) in [4.78, 5) is 14.0. The zero-order chi connectivity index (χ0) is 18.4. The first-order valence-electron chi connectivity index (χ1n) is 8.42. The fourth-order valence-corrected chi connectivity index (χ4v) is 4.53. The number of nitrogens with zero attached hydrogens (tertiary/aromatic N) is 3. The van der Waals surface area contributed by atoms with Gasteiger partial charge in [0, 0.05) is 11.7 Å². The van der Waals surface area contributed by atoms with Crippen LogP contribution in [0.2, 0.25) is 0 Å². The van der Waals surface area contributed by atoms with Crippen molar-refractivity contribution in [1.82, 2.24) is 15.1 Å². The SMILES string of the molecule is O=C(Nc1nnc(SCc2ccccc2)s1)C1CCN(CC(F)F)CC1. The summed E-state index contributed by atoms with van der Waals surface area (Å²) < 4.78 is 25.6. The number of nitrogens with one attached hydrogen (secondary N) is 1. The summed E-state index contributed by atoms with van der Waals surface area (Å²) in [5.74, 6) is 0.539. The molecule has 1 aromatic carbocycles. The van der Waals surface area contributed by atoms with Gasteiger partial charge < -0.3 is 5.32 Å². The summed E-state index contributed by atoms with van der Waals surface area (Å²) in [7, 11) is 0. The molecule has 0 spiro atoms. The van der Waals surface area contributed by atoms with Crippen LogP contribution in [0.5, 0.6) is 0 Å². The van der Waals surface area contributed by atoms with E-state index in [0.717, 1.165) is 10.1 Å². The van der Waals surface area contributed by atoms with Crippen LogP contribution in [0.1, 0.15) is 18.4 Å². The molecule has 140 valence electrons. The summed E-state index contributed by atoms with van der Waals surface area (Å²) in [5.41, 5.74) is 1.20. The van der Waals surface area contributed by atoms with Crippen LogP contribution in [0.3, 0.4) is 0 Å². The lowest BCUT2D eigenvalue weighted by Gasteiger charge is -2.30. The van der Waals surface area contributed by atoms with Crippen molar-refractivity contribution in [2.24, 2.45) is 5.92 Å². The normalized spacial score (nSPS) is 16.1. The van der Waals surface area contributed by atoms with Gasteiger partial charge in [-0.3, -0.25) is 9.69 Å². The lowest BCUT2D eigenvalue weighted by molar-refractivity contribution is -0.121. The van der Waals surface area contributed by atoms with Gasteiger partial charge in [0.15, 0.2) is 4.34 Å². The topological polar surface area (TPSA) is 58.1 Å². The molecule has 1 aliphatic heterocycles. The zero-order valence-corrected chi connectivity index (χ0v) is 15.7. The number of rotatable bonds is 7. The van der Waals surface area contributed by atoms with Crippen LogP contribution in [0.15, 0.2) is 34.7 Å². The molecule has 0 aliphatic carbocycles. The van der Waals surface area contributed by atoms with Gasteiger partial charge in [-0.2, -0.15) is 0 Å². The Labute approximate surface area is 159 Å². The number of piperidine rings is 1. The van der Waals surface area contributed by atoms with E-state index in [9.17, 15) is 13.6 Å². The molecule has 0 saturated carbocycles. The van der Waals surface area contributed by atoms with Crippen LogP contribution in [0, 0.1) is 5.92 Å². The molecular weight excluding hydrogens is 378 g/mol. The number of thioether (sulfide) groups is 1. The van der Waals surface area contributed by atoms with Gasteiger partial charge in [0.1, 0.15) is 0 Å². The molecule has 2 aromatic rings. The Balaban J connectivity index is 1.44. The Bertz CT molecular complexity index is 706. The third-order valence-corrected chi connectivity index (χ3v) is 6.24. The predicted octanol–water partition coefficient (Wildman–Crippen LogP) is 3.75. The first-order valence-corrected chi connectivity index (χ1v) is 10.2. The lowest BCUT2D eigenvalue weighted by Crippen LogP contribution is -2.40. The van der Waals surface area contributed by atoms with Crippen LogP contribution >= 0.6 is 23.1 Å². The summed E-state index contributed by atoms with van der Waals surface area (Å²) in [6.45, 7) is 0.834. The number of halogens is 2. The molecule has 1 N–H and O–H groups in total. The highest BCUT2D eigenvalue weighted by Crippen LogP contribution is 2.29. The van der Waals surface area contributed by atoms with Gasteiger partial charge in [0.05, 0.1) is 6.54 Å². The van der Waals surface area contributed by atoms with Gasteiger partial charge in [-0.15, -0.1) is 10.2 Å². The quantitative estimate of drug-likeness (QED) is 0.569. The largest absolute Gasteiger partial charge is 0.300 e. The zero-order valence-electron chi connectivity index (χ0n) is 14.1. The van der Waals surface area contributed by atoms with Crippen molar-refractivity contribution in [1.29, 1.82) is 0 Å². The van der Waals surface area contributed by atoms with Crippen LogP contribution in [-0.2, 0) is 10.5 Å². The number of carbonyl (C=O) groups excluding carboxylic acids is 1. The summed E-state index contributed by atoms with van der Waals surface area (Å²) in [6.07, 6.45) is -1.14. The van der Waals surface area contributed by atoms with E-state index in [1.807, 2.05) is 18.2 Å². The van der Waals surface area contributed by atoms with E-state index in [-0.39, 0.29) is 18.4 Å². The van der Waals surface area contributed by atoms with Gasteiger partial charge in [0.2, 0.25) is 11.0 Å². The molecule has 26 heavy (non-hydrogen) atoms. The first-order chi connectivity index (χ1) is 12.6. The Morgan fingerprint density at radius 3 is 2.69 bits per heavy atom. The van der Waals surface area contributed by atoms with E-state index < -0.39 is 6.43 Å². The maximum absolute atomic E-state index is 12.4. The third-order valence-electron chi connectivity index (χ3n) is 4.20. The average molecular weight is 399 g/mol. The second-order valence-electron chi connectivity index (χ2n) is 6.10. The number of benzene rings is 1. The summed E-state index contributed by atoms with van der Waals surface area (Å²) >= 11 is 2.93. The lowest BCUT2D eigenvalue weighted by atomic mass is 9.96. The fraction of sp³-hybridized carbons (Fsp3) is 0.471. The molecule has 1 aromatic heterocycles. The Hall–Kier alpha value is -1.58. The van der Waals surface area contributed by atoms with E-state index in [1.165, 1.54) is 16.9 Å². The highest BCUT2D eigenvalue weighted by Gasteiger charge is 2.26. The molecule has 0 atom stereocenters. The van der Waals surface area contributed by atoms with Crippen LogP contribution in [-0.4, -0.2) is 47.1 Å². The van der Waals surface area contributed by atoms with E-state index in [4.69, 9.17) is 0 Å². The molecule has 1 saturated heterocycles. The molecule has 5 nitrogen and oxygen atoms in total. The molecule has 0 bridgehead atoms. The fourth-order valence-electron chi connectivity index (χ4n) is 2.82. The predicted molar refractivity (Wildman–Crippen MR) is 99.7 cm³/mol. The second kappa shape index (κ2) is 9.38. The van der Waals surface area contributed by atoms with Gasteiger partial charge in [-0.1, -0.05) is 53.4 Å². The Morgan fingerprint density at radius 2 is 2.00 bits per heavy atom. The maximum Gasteiger partial charge on any atom is 0.251 e. The number of anilines is 1. The number of likely N-dealkylation sites (tertiary alicyclic amines) is 1. The third kappa shape index (κ3) is 5.72. The molecule has 1 aliphatic rings. The molecule has 9 heteroatoms. The van der Waals surface area contributed by atoms with Gasteiger partial charge in [0.25, 0.3) is 6.43 Å². The van der Waals surface area contributed by atoms with Crippen molar-refractivity contribution in [2.45, 2.75) is 29.4 Å². The maximum atomic E-state index is 12.4. The molecule has 0 unspecified atom stereocenters. The molecule has 2 heterocycles. The molecule has 1 fully saturated rings. The van der Waals surface area contributed by atoms with Crippen molar-refractivity contribution in [3.8, 4) is 0 Å². The van der Waals surface area contributed by atoms with Crippen LogP contribution in [0.4, 0.5) is 13.9 Å². The number of hydrogen-bond donors (Lipinski definition) is 1. The Kier molecular flexibility index (Phi) is 6.93.